The highest BCUT2D eigenvalue weighted by molar-refractivity contribution is 5.85. The summed E-state index contributed by atoms with van der Waals surface area (Å²) in [7, 11) is 0. The van der Waals surface area contributed by atoms with E-state index in [1.807, 2.05) is 0 Å². The number of nitrogens with two attached hydrogens (primary N) is 2. The summed E-state index contributed by atoms with van der Waals surface area (Å²) in [6.45, 7) is 0.290. The van der Waals surface area contributed by atoms with E-state index in [1.54, 1.807) is 0 Å². The van der Waals surface area contributed by atoms with Crippen LogP contribution in [0.4, 0.5) is 5.69 Å². The summed E-state index contributed by atoms with van der Waals surface area (Å²) < 4.78 is 0. The molecule has 0 radical (unpaired) electrons. The summed E-state index contributed by atoms with van der Waals surface area (Å²) in [6, 6.07) is 2.90. The van der Waals surface area contributed by atoms with Crippen molar-refractivity contribution in [1.29, 1.82) is 0 Å². The van der Waals surface area contributed by atoms with Crippen LogP contribution in [0.15, 0.2) is 12.1 Å². The number of hydrogen-bond donors (Lipinski definition) is 4. The van der Waals surface area contributed by atoms with Gasteiger partial charge in [0, 0.05) is 6.54 Å². The Bertz CT molecular complexity index is 255. The van der Waals surface area contributed by atoms with Crippen LogP contribution in [0.1, 0.15) is 5.56 Å². The van der Waals surface area contributed by atoms with Gasteiger partial charge >= 0.3 is 0 Å². The number of anilines is 1. The maximum atomic E-state index is 9.03. The Morgan fingerprint density at radius 3 is 2.25 bits per heavy atom. The van der Waals surface area contributed by atoms with Gasteiger partial charge in [-0.05, 0) is 17.7 Å². The van der Waals surface area contributed by atoms with Crippen LogP contribution in [-0.4, -0.2) is 10.2 Å². The number of benzene rings is 1. The minimum absolute atomic E-state index is 0. The molecule has 0 saturated carbocycles. The number of halogens is 1. The molecule has 6 N–H and O–H groups in total. The normalized spacial score (nSPS) is 9.08. The monoisotopic (exact) mass is 190 g/mol. The number of phenolic OH excluding ortho intramolecular Hbond substituents is 2. The highest BCUT2D eigenvalue weighted by Crippen LogP contribution is 2.31. The molecule has 0 aliphatic carbocycles. The van der Waals surface area contributed by atoms with Gasteiger partial charge < -0.3 is 21.7 Å². The topological polar surface area (TPSA) is 92.5 Å². The van der Waals surface area contributed by atoms with Crippen molar-refractivity contribution in [3.8, 4) is 11.5 Å². The zero-order chi connectivity index (χ0) is 8.43. The van der Waals surface area contributed by atoms with Gasteiger partial charge in [-0.2, -0.15) is 0 Å². The summed E-state index contributed by atoms with van der Waals surface area (Å²) in [5.74, 6) is -0.521. The number of nitrogen functional groups attached to an aromatic ring is 1. The molecule has 12 heavy (non-hydrogen) atoms. The first-order valence-corrected chi connectivity index (χ1v) is 3.15. The van der Waals surface area contributed by atoms with Crippen molar-refractivity contribution in [2.75, 3.05) is 5.73 Å². The minimum atomic E-state index is -0.290. The van der Waals surface area contributed by atoms with Crippen LogP contribution in [0, 0.1) is 0 Å². The quantitative estimate of drug-likeness (QED) is 0.385. The zero-order valence-corrected chi connectivity index (χ0v) is 7.14. The largest absolute Gasteiger partial charge is 0.504 e. The molecule has 1 aromatic carbocycles. The van der Waals surface area contributed by atoms with Crippen molar-refractivity contribution < 1.29 is 10.2 Å². The molecule has 4 nitrogen and oxygen atoms in total. The van der Waals surface area contributed by atoms with E-state index in [0.29, 0.717) is 5.56 Å². The second kappa shape index (κ2) is 4.04. The van der Waals surface area contributed by atoms with E-state index in [9.17, 15) is 0 Å². The first-order chi connectivity index (χ1) is 5.15. The number of aromatic hydroxyl groups is 2. The third-order valence-corrected chi connectivity index (χ3v) is 1.41. The Morgan fingerprint density at radius 2 is 1.83 bits per heavy atom. The highest BCUT2D eigenvalue weighted by Gasteiger charge is 2.04. The van der Waals surface area contributed by atoms with E-state index < -0.39 is 0 Å². The van der Waals surface area contributed by atoms with Gasteiger partial charge in [-0.15, -0.1) is 12.4 Å². The molecule has 0 bridgehead atoms. The van der Waals surface area contributed by atoms with E-state index in [-0.39, 0.29) is 36.1 Å². The van der Waals surface area contributed by atoms with Gasteiger partial charge in [0.1, 0.15) is 0 Å². The predicted octanol–water partition coefficient (Wildman–Crippen LogP) is 0.560. The Hall–Kier alpha value is -1.13. The molecular formula is C7H11ClN2O2. The molecule has 0 atom stereocenters. The Morgan fingerprint density at radius 1 is 1.25 bits per heavy atom. The van der Waals surface area contributed by atoms with Crippen LogP contribution in [0.25, 0.3) is 0 Å². The predicted molar refractivity (Wildman–Crippen MR) is 49.3 cm³/mol. The second-order valence-electron chi connectivity index (χ2n) is 2.26. The van der Waals surface area contributed by atoms with E-state index in [4.69, 9.17) is 21.7 Å². The van der Waals surface area contributed by atoms with Crippen LogP contribution in [-0.2, 0) is 6.54 Å². The van der Waals surface area contributed by atoms with Crippen LogP contribution in [0.5, 0.6) is 11.5 Å². The molecule has 0 saturated heterocycles. The fourth-order valence-electron chi connectivity index (χ4n) is 0.819. The summed E-state index contributed by atoms with van der Waals surface area (Å²) in [5.41, 5.74) is 11.5. The van der Waals surface area contributed by atoms with Crippen molar-refractivity contribution in [2.45, 2.75) is 6.54 Å². The standard InChI is InChI=1S/C7H10N2O2.ClH/c8-3-4-1-5(9)7(11)6(10)2-4;/h1-2,10-11H,3,8-9H2;1H. The Labute approximate surface area is 76.2 Å². The van der Waals surface area contributed by atoms with Crippen LogP contribution < -0.4 is 11.5 Å². The average molecular weight is 191 g/mol. The second-order valence-corrected chi connectivity index (χ2v) is 2.26. The fraction of sp³-hybridized carbons (Fsp3) is 0.143. The zero-order valence-electron chi connectivity index (χ0n) is 6.32. The third kappa shape index (κ3) is 1.93. The maximum Gasteiger partial charge on any atom is 0.180 e. The lowest BCUT2D eigenvalue weighted by Crippen LogP contribution is -1.97. The lowest BCUT2D eigenvalue weighted by Gasteiger charge is -2.03. The number of hydrogen-bond acceptors (Lipinski definition) is 4. The summed E-state index contributed by atoms with van der Waals surface area (Å²) in [6.07, 6.45) is 0. The molecule has 0 fully saturated rings. The fourth-order valence-corrected chi connectivity index (χ4v) is 0.819. The maximum absolute atomic E-state index is 9.03. The van der Waals surface area contributed by atoms with Gasteiger partial charge in [-0.1, -0.05) is 0 Å². The number of phenols is 2. The van der Waals surface area contributed by atoms with Crippen molar-refractivity contribution in [1.82, 2.24) is 0 Å². The summed E-state index contributed by atoms with van der Waals surface area (Å²) in [4.78, 5) is 0. The molecule has 0 amide bonds. The smallest absolute Gasteiger partial charge is 0.180 e. The van der Waals surface area contributed by atoms with Gasteiger partial charge in [0.25, 0.3) is 0 Å². The molecule has 0 aromatic heterocycles. The first kappa shape index (κ1) is 10.9. The molecule has 0 unspecified atom stereocenters. The molecule has 0 aliphatic rings. The first-order valence-electron chi connectivity index (χ1n) is 3.15. The van der Waals surface area contributed by atoms with Gasteiger partial charge in [-0.3, -0.25) is 0 Å². The van der Waals surface area contributed by atoms with E-state index in [2.05, 4.69) is 0 Å². The van der Waals surface area contributed by atoms with E-state index >= 15 is 0 Å². The SMILES string of the molecule is Cl.NCc1cc(N)c(O)c(O)c1. The molecule has 0 heterocycles. The van der Waals surface area contributed by atoms with Crippen molar-refractivity contribution in [3.05, 3.63) is 17.7 Å². The van der Waals surface area contributed by atoms with Crippen LogP contribution in [0.3, 0.4) is 0 Å². The third-order valence-electron chi connectivity index (χ3n) is 1.41. The van der Waals surface area contributed by atoms with Crippen LogP contribution >= 0.6 is 12.4 Å². The molecule has 68 valence electrons. The van der Waals surface area contributed by atoms with Gasteiger partial charge in [0.2, 0.25) is 0 Å². The van der Waals surface area contributed by atoms with Crippen LogP contribution in [0.2, 0.25) is 0 Å². The van der Waals surface area contributed by atoms with E-state index in [0.717, 1.165) is 0 Å². The minimum Gasteiger partial charge on any atom is -0.504 e. The molecule has 0 spiro atoms. The van der Waals surface area contributed by atoms with Gasteiger partial charge in [0.15, 0.2) is 11.5 Å². The van der Waals surface area contributed by atoms with Crippen molar-refractivity contribution in [2.24, 2.45) is 5.73 Å². The van der Waals surface area contributed by atoms with Crippen molar-refractivity contribution >= 4 is 18.1 Å². The molecule has 1 rings (SSSR count). The Balaban J connectivity index is 0.00000121. The van der Waals surface area contributed by atoms with Crippen molar-refractivity contribution in [3.63, 3.8) is 0 Å². The lowest BCUT2D eigenvalue weighted by molar-refractivity contribution is 0.405. The van der Waals surface area contributed by atoms with E-state index in [1.165, 1.54) is 12.1 Å². The lowest BCUT2D eigenvalue weighted by atomic mass is 10.2. The van der Waals surface area contributed by atoms with Gasteiger partial charge in [0.05, 0.1) is 5.69 Å². The summed E-state index contributed by atoms with van der Waals surface area (Å²) in [5, 5.41) is 18.0. The molecule has 1 aromatic rings. The van der Waals surface area contributed by atoms with Gasteiger partial charge in [-0.25, -0.2) is 0 Å². The Kier molecular flexibility index (Phi) is 3.66. The molecular weight excluding hydrogens is 180 g/mol. The molecule has 5 heteroatoms. The number of rotatable bonds is 1. The highest BCUT2D eigenvalue weighted by atomic mass is 35.5. The molecule has 0 aliphatic heterocycles. The summed E-state index contributed by atoms with van der Waals surface area (Å²) >= 11 is 0. The average Bonchev–Trinajstić information content (AvgIpc) is 1.99.